The first-order valence-corrected chi connectivity index (χ1v) is 7.05. The number of ether oxygens (including phenoxy) is 2. The van der Waals surface area contributed by atoms with Crippen LogP contribution in [-0.4, -0.2) is 54.7 Å². The lowest BCUT2D eigenvalue weighted by atomic mass is 9.66. The average Bonchev–Trinajstić information content (AvgIpc) is 2.32. The molecule has 2 N–H and O–H groups in total. The number of aliphatic hydroxyl groups is 2. The smallest absolute Gasteiger partial charge is 0.311 e. The van der Waals surface area contributed by atoms with E-state index in [9.17, 15) is 19.8 Å². The number of esters is 2. The Labute approximate surface area is 127 Å². The van der Waals surface area contributed by atoms with Crippen LogP contribution >= 0.6 is 0 Å². The lowest BCUT2D eigenvalue weighted by Crippen LogP contribution is -2.41. The highest BCUT2D eigenvalue weighted by Crippen LogP contribution is 2.17. The first-order valence-electron chi connectivity index (χ1n) is 7.05. The van der Waals surface area contributed by atoms with Crippen molar-refractivity contribution in [1.82, 2.24) is 0 Å². The first kappa shape index (κ1) is 19.9. The minimum atomic E-state index is -0.999. The van der Waals surface area contributed by atoms with Crippen LogP contribution < -0.4 is 0 Å². The molecule has 0 saturated heterocycles. The number of carbonyl (C=O) groups is 2. The van der Waals surface area contributed by atoms with E-state index in [0.29, 0.717) is 0 Å². The molecule has 6 nitrogen and oxygen atoms in total. The van der Waals surface area contributed by atoms with Crippen molar-refractivity contribution in [2.45, 2.75) is 53.5 Å². The third-order valence-electron chi connectivity index (χ3n) is 2.64. The van der Waals surface area contributed by atoms with Crippen molar-refractivity contribution >= 4 is 19.2 Å². The van der Waals surface area contributed by atoms with Gasteiger partial charge in [-0.25, -0.2) is 0 Å². The van der Waals surface area contributed by atoms with Gasteiger partial charge in [-0.2, -0.15) is 0 Å². The molecule has 0 heterocycles. The van der Waals surface area contributed by atoms with Gasteiger partial charge in [0.05, 0.1) is 29.4 Å². The van der Waals surface area contributed by atoms with Gasteiger partial charge in [0.2, 0.25) is 7.28 Å². The third-order valence-corrected chi connectivity index (χ3v) is 2.64. The highest BCUT2D eigenvalue weighted by Gasteiger charge is 2.29. The fourth-order valence-corrected chi connectivity index (χ4v) is 1.25. The maximum atomic E-state index is 11.7. The predicted molar refractivity (Wildman–Crippen MR) is 80.0 cm³/mol. The molecule has 0 aliphatic rings. The summed E-state index contributed by atoms with van der Waals surface area (Å²) in [7, 11) is 0.00967. The van der Waals surface area contributed by atoms with Crippen LogP contribution in [0.5, 0.6) is 0 Å². The monoisotopic (exact) mass is 302 g/mol. The van der Waals surface area contributed by atoms with E-state index in [1.165, 1.54) is 0 Å². The van der Waals surface area contributed by atoms with Crippen molar-refractivity contribution in [1.29, 1.82) is 0 Å². The molecule has 0 saturated carbocycles. The second-order valence-corrected chi connectivity index (χ2v) is 7.20. The van der Waals surface area contributed by atoms with Crippen LogP contribution in [0.2, 0.25) is 0 Å². The molecule has 0 aromatic carbocycles. The zero-order valence-corrected chi connectivity index (χ0v) is 13.8. The zero-order chi connectivity index (χ0) is 16.8. The summed E-state index contributed by atoms with van der Waals surface area (Å²) in [6, 6.07) is -1.82. The Bertz CT molecular complexity index is 355. The second kappa shape index (κ2) is 7.80. The van der Waals surface area contributed by atoms with Crippen LogP contribution in [0, 0.1) is 10.8 Å². The summed E-state index contributed by atoms with van der Waals surface area (Å²) < 4.78 is 10.1. The number of aliphatic hydroxyl groups excluding tert-OH is 2. The number of carbonyl (C=O) groups excluding carboxylic acids is 2. The molecule has 122 valence electrons. The maximum absolute atomic E-state index is 11.7. The molecular formula is C14H27BO6. The molecule has 0 spiro atoms. The molecule has 0 aliphatic carbocycles. The molecule has 0 aromatic rings. The third kappa shape index (κ3) is 8.07. The van der Waals surface area contributed by atoms with E-state index in [-0.39, 0.29) is 13.9 Å². The van der Waals surface area contributed by atoms with Gasteiger partial charge in [0.25, 0.3) is 0 Å². The molecule has 7 heteroatoms. The predicted octanol–water partition coefficient (Wildman–Crippen LogP) is 0.238. The van der Waals surface area contributed by atoms with Crippen molar-refractivity contribution in [2.75, 3.05) is 13.2 Å². The van der Waals surface area contributed by atoms with Crippen molar-refractivity contribution in [3.05, 3.63) is 0 Å². The maximum Gasteiger partial charge on any atom is 0.311 e. The van der Waals surface area contributed by atoms with E-state index in [4.69, 9.17) is 9.47 Å². The van der Waals surface area contributed by atoms with Gasteiger partial charge >= 0.3 is 11.9 Å². The van der Waals surface area contributed by atoms with Crippen molar-refractivity contribution in [2.24, 2.45) is 10.8 Å². The molecule has 0 fully saturated rings. The fraction of sp³-hybridized carbons (Fsp3) is 0.857. The quantitative estimate of drug-likeness (QED) is 0.539. The Kier molecular flexibility index (Phi) is 7.40. The highest BCUT2D eigenvalue weighted by molar-refractivity contribution is 6.39. The Hall–Kier alpha value is -1.08. The number of rotatable bonds is 6. The van der Waals surface area contributed by atoms with Gasteiger partial charge in [0.1, 0.15) is 6.61 Å². The fourth-order valence-electron chi connectivity index (χ4n) is 1.25. The Morgan fingerprint density at radius 2 is 1.52 bits per heavy atom. The highest BCUT2D eigenvalue weighted by atomic mass is 16.6. The molecule has 0 aliphatic heterocycles. The number of hydrogen-bond donors (Lipinski definition) is 2. The van der Waals surface area contributed by atoms with Gasteiger partial charge in [0.15, 0.2) is 0 Å². The van der Waals surface area contributed by atoms with E-state index in [2.05, 4.69) is 0 Å². The summed E-state index contributed by atoms with van der Waals surface area (Å²) in [4.78, 5) is 23.3. The van der Waals surface area contributed by atoms with Gasteiger partial charge in [-0.05, 0) is 41.5 Å². The van der Waals surface area contributed by atoms with Gasteiger partial charge in [0, 0.05) is 0 Å². The van der Waals surface area contributed by atoms with Crippen LogP contribution in [-0.2, 0) is 19.1 Å². The Morgan fingerprint density at radius 3 is 1.90 bits per heavy atom. The SMILES string of the molecule is CC(C)(C)C(=O)OCC(O)BC(CO)OC(=O)C(C)(C)C. The molecule has 0 bridgehead atoms. The van der Waals surface area contributed by atoms with Gasteiger partial charge in [-0.1, -0.05) is 0 Å². The molecule has 21 heavy (non-hydrogen) atoms. The van der Waals surface area contributed by atoms with Crippen molar-refractivity contribution < 1.29 is 29.3 Å². The lowest BCUT2D eigenvalue weighted by Gasteiger charge is -2.23. The van der Waals surface area contributed by atoms with Crippen LogP contribution in [0.3, 0.4) is 0 Å². The molecule has 0 rings (SSSR count). The van der Waals surface area contributed by atoms with Crippen LogP contribution in [0.25, 0.3) is 0 Å². The van der Waals surface area contributed by atoms with E-state index in [0.717, 1.165) is 0 Å². The minimum Gasteiger partial charge on any atom is -0.469 e. The Balaban J connectivity index is 4.31. The summed E-state index contributed by atoms with van der Waals surface area (Å²) >= 11 is 0. The standard InChI is InChI=1S/C14H27BO6/c1-13(2,3)11(18)20-8-9(17)15-10(7-16)21-12(19)14(4,5)6/h9-10,15-17H,7-8H2,1-6H3. The zero-order valence-electron chi connectivity index (χ0n) is 13.8. The van der Waals surface area contributed by atoms with E-state index >= 15 is 0 Å². The lowest BCUT2D eigenvalue weighted by molar-refractivity contribution is -0.157. The molecule has 2 atom stereocenters. The summed E-state index contributed by atoms with van der Waals surface area (Å²) in [5, 5.41) is 19.0. The van der Waals surface area contributed by atoms with E-state index in [1.54, 1.807) is 41.5 Å². The van der Waals surface area contributed by atoms with Crippen LogP contribution in [0.1, 0.15) is 41.5 Å². The Morgan fingerprint density at radius 1 is 1.05 bits per heavy atom. The molecule has 0 amide bonds. The summed E-state index contributed by atoms with van der Waals surface area (Å²) in [5.41, 5.74) is -1.33. The number of hydrogen-bond acceptors (Lipinski definition) is 6. The topological polar surface area (TPSA) is 93.1 Å². The van der Waals surface area contributed by atoms with Gasteiger partial charge < -0.3 is 19.7 Å². The van der Waals surface area contributed by atoms with Crippen LogP contribution in [0.4, 0.5) is 0 Å². The van der Waals surface area contributed by atoms with Gasteiger partial charge in [-0.15, -0.1) is 0 Å². The van der Waals surface area contributed by atoms with E-state index in [1.807, 2.05) is 0 Å². The summed E-state index contributed by atoms with van der Waals surface area (Å²) in [6.45, 7) is 9.64. The first-order chi connectivity index (χ1) is 9.37. The second-order valence-electron chi connectivity index (χ2n) is 7.20. The van der Waals surface area contributed by atoms with Gasteiger partial charge in [-0.3, -0.25) is 9.59 Å². The summed E-state index contributed by atoms with van der Waals surface area (Å²) in [6.07, 6.45) is 0. The largest absolute Gasteiger partial charge is 0.469 e. The van der Waals surface area contributed by atoms with Crippen LogP contribution in [0.15, 0.2) is 0 Å². The normalized spacial score (nSPS) is 15.0. The van der Waals surface area contributed by atoms with Crippen molar-refractivity contribution in [3.8, 4) is 0 Å². The molecule has 0 aromatic heterocycles. The van der Waals surface area contributed by atoms with E-state index < -0.39 is 41.4 Å². The molecular weight excluding hydrogens is 275 g/mol. The molecule has 0 radical (unpaired) electrons. The molecule has 2 unspecified atom stereocenters. The average molecular weight is 302 g/mol. The minimum absolute atomic E-state index is 0.00967. The van der Waals surface area contributed by atoms with Crippen molar-refractivity contribution in [3.63, 3.8) is 0 Å². The summed E-state index contributed by atoms with van der Waals surface area (Å²) in [5.74, 6) is -0.880.